The Labute approximate surface area is 203 Å². The van der Waals surface area contributed by atoms with Crippen LogP contribution >= 0.6 is 11.8 Å². The Morgan fingerprint density at radius 3 is 2.85 bits per heavy atom. The first kappa shape index (κ1) is 22.5. The summed E-state index contributed by atoms with van der Waals surface area (Å²) in [5.74, 6) is 0.919. The van der Waals surface area contributed by atoms with Gasteiger partial charge in [0.25, 0.3) is 5.91 Å². The predicted octanol–water partition coefficient (Wildman–Crippen LogP) is 3.44. The minimum atomic E-state index is -0.201. The van der Waals surface area contributed by atoms with Gasteiger partial charge in [-0.25, -0.2) is 4.39 Å². The van der Waals surface area contributed by atoms with E-state index in [1.807, 2.05) is 11.0 Å². The number of hydrogen-bond acceptors (Lipinski definition) is 6. The number of fused-ring (bicyclic) bond motifs is 3. The topological polar surface area (TPSA) is 59.8 Å². The van der Waals surface area contributed by atoms with Gasteiger partial charge in [-0.15, -0.1) is 11.8 Å². The van der Waals surface area contributed by atoms with Gasteiger partial charge in [-0.2, -0.15) is 5.10 Å². The Morgan fingerprint density at radius 2 is 2.03 bits per heavy atom. The molecule has 2 unspecified atom stereocenters. The predicted molar refractivity (Wildman–Crippen MR) is 128 cm³/mol. The second-order valence-corrected chi connectivity index (χ2v) is 10.7. The van der Waals surface area contributed by atoms with Crippen LogP contribution in [0.1, 0.15) is 41.4 Å². The molecule has 1 aromatic carbocycles. The molecule has 2 aromatic rings. The lowest BCUT2D eigenvalue weighted by atomic mass is 10.0. The fourth-order valence-corrected chi connectivity index (χ4v) is 6.81. The van der Waals surface area contributed by atoms with Crippen LogP contribution in [0.2, 0.25) is 0 Å². The van der Waals surface area contributed by atoms with Crippen LogP contribution in [-0.4, -0.2) is 84.6 Å². The number of thioether (sulfide) groups is 1. The first-order chi connectivity index (χ1) is 16.7. The summed E-state index contributed by atoms with van der Waals surface area (Å²) in [5.41, 5.74) is 3.27. The molecule has 6 rings (SSSR count). The molecule has 9 heteroatoms. The highest BCUT2D eigenvalue weighted by Crippen LogP contribution is 2.45. The van der Waals surface area contributed by atoms with Crippen LogP contribution in [0.15, 0.2) is 23.1 Å². The lowest BCUT2D eigenvalue weighted by molar-refractivity contribution is 0.0297. The largest absolute Gasteiger partial charge is 0.381 e. The van der Waals surface area contributed by atoms with Gasteiger partial charge in [-0.3, -0.25) is 9.48 Å². The number of morpholine rings is 1. The van der Waals surface area contributed by atoms with Crippen LogP contribution in [0.4, 0.5) is 4.39 Å². The number of carbonyl (C=O) groups is 1. The highest BCUT2D eigenvalue weighted by Gasteiger charge is 2.35. The monoisotopic (exact) mass is 486 g/mol. The number of likely N-dealkylation sites (tertiary alicyclic amines) is 1. The van der Waals surface area contributed by atoms with Crippen molar-refractivity contribution < 1.29 is 18.7 Å². The van der Waals surface area contributed by atoms with E-state index in [0.29, 0.717) is 48.6 Å². The van der Waals surface area contributed by atoms with Gasteiger partial charge in [-0.05, 0) is 37.8 Å². The van der Waals surface area contributed by atoms with Gasteiger partial charge in [0.1, 0.15) is 5.82 Å². The molecule has 1 amide bonds. The van der Waals surface area contributed by atoms with E-state index in [1.165, 1.54) is 17.8 Å². The molecule has 0 spiro atoms. The third-order valence-corrected chi connectivity index (χ3v) is 8.60. The lowest BCUT2D eigenvalue weighted by Gasteiger charge is -2.35. The van der Waals surface area contributed by atoms with Crippen molar-refractivity contribution in [2.24, 2.45) is 5.92 Å². The van der Waals surface area contributed by atoms with E-state index in [1.54, 1.807) is 6.07 Å². The number of hydrogen-bond donors (Lipinski definition) is 0. The SMILES string of the molecule is O=C(c1nn(C2CCCN(CC3CCOC3)C2)c2c1CSc1c(F)cccc1-2)N1CCOCC1. The normalized spacial score (nSPS) is 25.3. The zero-order chi connectivity index (χ0) is 23.1. The summed E-state index contributed by atoms with van der Waals surface area (Å²) in [6, 6.07) is 5.41. The van der Waals surface area contributed by atoms with Crippen LogP contribution in [0.3, 0.4) is 0 Å². The van der Waals surface area contributed by atoms with Crippen molar-refractivity contribution in [2.75, 3.05) is 59.2 Å². The Kier molecular flexibility index (Phi) is 6.36. The minimum absolute atomic E-state index is 0.0328. The summed E-state index contributed by atoms with van der Waals surface area (Å²) in [5, 5.41) is 4.98. The number of ether oxygens (including phenoxy) is 2. The van der Waals surface area contributed by atoms with Gasteiger partial charge in [0.05, 0.1) is 36.5 Å². The Balaban J connectivity index is 1.37. The maximum Gasteiger partial charge on any atom is 0.274 e. The molecule has 3 fully saturated rings. The van der Waals surface area contributed by atoms with Crippen LogP contribution in [0.5, 0.6) is 0 Å². The third-order valence-electron chi connectivity index (χ3n) is 7.46. The molecule has 0 aliphatic carbocycles. The first-order valence-electron chi connectivity index (χ1n) is 12.4. The van der Waals surface area contributed by atoms with Crippen LogP contribution in [0, 0.1) is 11.7 Å². The van der Waals surface area contributed by atoms with Crippen LogP contribution < -0.4 is 0 Å². The molecule has 34 heavy (non-hydrogen) atoms. The van der Waals surface area contributed by atoms with E-state index in [9.17, 15) is 9.18 Å². The van der Waals surface area contributed by atoms with Gasteiger partial charge in [-0.1, -0.05) is 12.1 Å². The van der Waals surface area contributed by atoms with Crippen molar-refractivity contribution in [3.63, 3.8) is 0 Å². The Morgan fingerprint density at radius 1 is 1.15 bits per heavy atom. The fourth-order valence-electron chi connectivity index (χ4n) is 5.72. The molecule has 0 saturated carbocycles. The van der Waals surface area contributed by atoms with Crippen molar-refractivity contribution in [1.82, 2.24) is 19.6 Å². The average molecular weight is 487 g/mol. The second-order valence-electron chi connectivity index (χ2n) is 9.72. The fraction of sp³-hybridized carbons (Fsp3) is 0.600. The zero-order valence-corrected chi connectivity index (χ0v) is 20.2. The minimum Gasteiger partial charge on any atom is -0.381 e. The maximum absolute atomic E-state index is 14.7. The maximum atomic E-state index is 14.7. The number of nitrogens with zero attached hydrogens (tertiary/aromatic N) is 4. The molecule has 4 aliphatic heterocycles. The van der Waals surface area contributed by atoms with Gasteiger partial charge in [0, 0.05) is 49.7 Å². The van der Waals surface area contributed by atoms with Crippen molar-refractivity contribution in [2.45, 2.75) is 36.0 Å². The molecule has 4 aliphatic rings. The van der Waals surface area contributed by atoms with Crippen molar-refractivity contribution in [3.8, 4) is 11.3 Å². The van der Waals surface area contributed by atoms with Crippen molar-refractivity contribution in [3.05, 3.63) is 35.3 Å². The second kappa shape index (κ2) is 9.60. The molecule has 1 aromatic heterocycles. The number of carbonyl (C=O) groups excluding carboxylic acids is 1. The summed E-state index contributed by atoms with van der Waals surface area (Å²) < 4.78 is 27.8. The van der Waals surface area contributed by atoms with Gasteiger partial charge >= 0.3 is 0 Å². The molecule has 0 radical (unpaired) electrons. The molecule has 7 nitrogen and oxygen atoms in total. The molecule has 2 atom stereocenters. The van der Waals surface area contributed by atoms with E-state index in [4.69, 9.17) is 14.6 Å². The number of rotatable bonds is 4. The van der Waals surface area contributed by atoms with E-state index < -0.39 is 0 Å². The van der Waals surface area contributed by atoms with Crippen molar-refractivity contribution in [1.29, 1.82) is 0 Å². The summed E-state index contributed by atoms with van der Waals surface area (Å²) in [4.78, 5) is 18.6. The van der Waals surface area contributed by atoms with Crippen LogP contribution in [0.25, 0.3) is 11.3 Å². The number of benzene rings is 1. The summed E-state index contributed by atoms with van der Waals surface area (Å²) >= 11 is 1.47. The standard InChI is InChI=1S/C25H31FN4O3S/c26-21-5-1-4-19-23-20(16-34-24(19)21)22(25(31)29-8-11-32-12-9-29)27-30(23)18-3-2-7-28(14-18)13-17-6-10-33-15-17/h1,4-5,17-18H,2-3,6-16H2. The molecule has 182 valence electrons. The lowest BCUT2D eigenvalue weighted by Crippen LogP contribution is -2.41. The number of aromatic nitrogens is 2. The molecule has 0 N–H and O–H groups in total. The molecule has 5 heterocycles. The molecular weight excluding hydrogens is 455 g/mol. The van der Waals surface area contributed by atoms with Gasteiger partial charge in [0.2, 0.25) is 0 Å². The number of halogens is 1. The Bertz CT molecular complexity index is 1060. The summed E-state index contributed by atoms with van der Waals surface area (Å²) in [6.07, 6.45) is 3.22. The first-order valence-corrected chi connectivity index (χ1v) is 13.4. The Hall–Kier alpha value is -1.94. The summed E-state index contributed by atoms with van der Waals surface area (Å²) in [7, 11) is 0. The van der Waals surface area contributed by atoms with Gasteiger partial charge in [0.15, 0.2) is 5.69 Å². The molecule has 0 bridgehead atoms. The third kappa shape index (κ3) is 4.17. The van der Waals surface area contributed by atoms with E-state index in [-0.39, 0.29) is 17.8 Å². The highest BCUT2D eigenvalue weighted by molar-refractivity contribution is 7.98. The van der Waals surface area contributed by atoms with E-state index in [2.05, 4.69) is 9.58 Å². The zero-order valence-electron chi connectivity index (χ0n) is 19.4. The number of amides is 1. The van der Waals surface area contributed by atoms with E-state index in [0.717, 1.165) is 68.9 Å². The van der Waals surface area contributed by atoms with Crippen LogP contribution in [-0.2, 0) is 15.2 Å². The summed E-state index contributed by atoms with van der Waals surface area (Å²) in [6.45, 7) is 7.01. The van der Waals surface area contributed by atoms with Crippen molar-refractivity contribution >= 4 is 17.7 Å². The molecular formula is C25H31FN4O3S. The quantitative estimate of drug-likeness (QED) is 0.660. The molecule has 3 saturated heterocycles. The van der Waals surface area contributed by atoms with Gasteiger partial charge < -0.3 is 19.3 Å². The average Bonchev–Trinajstić information content (AvgIpc) is 3.53. The smallest absolute Gasteiger partial charge is 0.274 e. The number of piperidine rings is 1. The highest BCUT2D eigenvalue weighted by atomic mass is 32.2. The van der Waals surface area contributed by atoms with E-state index >= 15 is 0 Å².